The van der Waals surface area contributed by atoms with E-state index in [-0.39, 0.29) is 0 Å². The van der Waals surface area contributed by atoms with E-state index in [1.54, 1.807) is 0 Å². The van der Waals surface area contributed by atoms with Crippen molar-refractivity contribution < 1.29 is 0 Å². The van der Waals surface area contributed by atoms with Crippen LogP contribution in [-0.4, -0.2) is 0 Å². The maximum absolute atomic E-state index is 2.48. The van der Waals surface area contributed by atoms with Gasteiger partial charge in [0.05, 0.1) is 0 Å². The Labute approximate surface area is 92.8 Å². The molecule has 0 aromatic carbocycles. The highest BCUT2D eigenvalue weighted by molar-refractivity contribution is 5.19. The quantitative estimate of drug-likeness (QED) is 0.552. The van der Waals surface area contributed by atoms with Gasteiger partial charge in [-0.1, -0.05) is 49.3 Å². The fourth-order valence-corrected chi connectivity index (χ4v) is 3.88. The van der Waals surface area contributed by atoms with E-state index in [1.807, 2.05) is 0 Å². The molecule has 4 unspecified atom stereocenters. The topological polar surface area (TPSA) is 0 Å². The average Bonchev–Trinajstić information content (AvgIpc) is 2.65. The van der Waals surface area contributed by atoms with Crippen molar-refractivity contribution in [3.8, 4) is 0 Å². The van der Waals surface area contributed by atoms with E-state index < -0.39 is 0 Å². The Morgan fingerprint density at radius 2 is 1.60 bits per heavy atom. The van der Waals surface area contributed by atoms with E-state index in [9.17, 15) is 0 Å². The van der Waals surface area contributed by atoms with E-state index in [2.05, 4.69) is 36.5 Å². The molecule has 0 heterocycles. The molecule has 3 rings (SSSR count). The first-order chi connectivity index (χ1) is 7.45. The van der Waals surface area contributed by atoms with Gasteiger partial charge in [0.15, 0.2) is 0 Å². The van der Waals surface area contributed by atoms with Gasteiger partial charge in [0.25, 0.3) is 0 Å². The Morgan fingerprint density at radius 3 is 2.53 bits per heavy atom. The molecule has 15 heavy (non-hydrogen) atoms. The van der Waals surface area contributed by atoms with Crippen LogP contribution in [0.3, 0.4) is 0 Å². The Balaban J connectivity index is 1.88. The van der Waals surface area contributed by atoms with Gasteiger partial charge < -0.3 is 0 Å². The molecule has 0 bridgehead atoms. The molecule has 2 fully saturated rings. The summed E-state index contributed by atoms with van der Waals surface area (Å²) in [5, 5.41) is 0. The van der Waals surface area contributed by atoms with Gasteiger partial charge in [-0.3, -0.25) is 0 Å². The zero-order valence-corrected chi connectivity index (χ0v) is 9.31. The number of rotatable bonds is 0. The first-order valence-corrected chi connectivity index (χ1v) is 6.47. The van der Waals surface area contributed by atoms with E-state index in [1.165, 1.54) is 32.1 Å². The third-order valence-electron chi connectivity index (χ3n) is 4.60. The Kier molecular flexibility index (Phi) is 2.52. The highest BCUT2D eigenvalue weighted by Crippen LogP contribution is 2.48. The second kappa shape index (κ2) is 4.00. The van der Waals surface area contributed by atoms with Gasteiger partial charge in [0.2, 0.25) is 0 Å². The monoisotopic (exact) mass is 200 g/mol. The molecule has 0 N–H and O–H groups in total. The standard InChI is InChI=1S/C15H20/c1-2-4-8-14-12(6-3-1)10-11-13-7-5-9-15(13)14/h1-4,6,8,12-15H,5,7,9-11H2/b2-1-,6-3-,8-4-. The van der Waals surface area contributed by atoms with Gasteiger partial charge in [-0.05, 0) is 42.9 Å². The Morgan fingerprint density at radius 1 is 0.733 bits per heavy atom. The SMILES string of the molecule is C1=C\C=C/C2C(\C=C/1)CCC1CCCC12. The lowest BCUT2D eigenvalue weighted by Gasteiger charge is -2.37. The number of fused-ring (bicyclic) bond motifs is 3. The summed E-state index contributed by atoms with van der Waals surface area (Å²) in [6.07, 6.45) is 21.1. The summed E-state index contributed by atoms with van der Waals surface area (Å²) in [4.78, 5) is 0. The van der Waals surface area contributed by atoms with Crippen LogP contribution in [0.2, 0.25) is 0 Å². The van der Waals surface area contributed by atoms with Crippen LogP contribution in [-0.2, 0) is 0 Å². The molecule has 0 spiro atoms. The number of allylic oxidation sites excluding steroid dienone is 6. The van der Waals surface area contributed by atoms with Crippen LogP contribution < -0.4 is 0 Å². The molecule has 0 aromatic heterocycles. The highest BCUT2D eigenvalue weighted by atomic mass is 14.4. The third-order valence-corrected chi connectivity index (χ3v) is 4.60. The molecule has 0 nitrogen and oxygen atoms in total. The van der Waals surface area contributed by atoms with Crippen molar-refractivity contribution in [3.63, 3.8) is 0 Å². The molecule has 0 aliphatic heterocycles. The lowest BCUT2D eigenvalue weighted by Crippen LogP contribution is -2.29. The molecular weight excluding hydrogens is 180 g/mol. The van der Waals surface area contributed by atoms with Crippen LogP contribution in [0.4, 0.5) is 0 Å². The molecule has 0 heteroatoms. The summed E-state index contributed by atoms with van der Waals surface area (Å²) >= 11 is 0. The largest absolute Gasteiger partial charge is 0.0808 e. The lowest BCUT2D eigenvalue weighted by atomic mass is 9.67. The van der Waals surface area contributed by atoms with Gasteiger partial charge in [-0.2, -0.15) is 0 Å². The van der Waals surface area contributed by atoms with Crippen molar-refractivity contribution in [2.24, 2.45) is 23.7 Å². The molecule has 0 aromatic rings. The first kappa shape index (κ1) is 9.45. The minimum atomic E-state index is 0.825. The summed E-state index contributed by atoms with van der Waals surface area (Å²) in [6.45, 7) is 0. The van der Waals surface area contributed by atoms with E-state index >= 15 is 0 Å². The molecule has 3 aliphatic rings. The smallest absolute Gasteiger partial charge is 0.0136 e. The van der Waals surface area contributed by atoms with Crippen molar-refractivity contribution in [2.75, 3.05) is 0 Å². The van der Waals surface area contributed by atoms with Crippen LogP contribution in [0, 0.1) is 23.7 Å². The van der Waals surface area contributed by atoms with Crippen molar-refractivity contribution in [1.82, 2.24) is 0 Å². The second-order valence-corrected chi connectivity index (χ2v) is 5.33. The fourth-order valence-electron chi connectivity index (χ4n) is 3.88. The van der Waals surface area contributed by atoms with E-state index in [4.69, 9.17) is 0 Å². The van der Waals surface area contributed by atoms with Crippen molar-refractivity contribution in [2.45, 2.75) is 32.1 Å². The molecule has 80 valence electrons. The number of hydrogen-bond acceptors (Lipinski definition) is 0. The predicted molar refractivity (Wildman–Crippen MR) is 64.5 cm³/mol. The molecule has 0 amide bonds. The van der Waals surface area contributed by atoms with E-state index in [0.717, 1.165) is 23.7 Å². The summed E-state index contributed by atoms with van der Waals surface area (Å²) in [5.74, 6) is 3.71. The molecule has 2 saturated carbocycles. The van der Waals surface area contributed by atoms with Crippen LogP contribution in [0.1, 0.15) is 32.1 Å². The minimum Gasteiger partial charge on any atom is -0.0808 e. The zero-order chi connectivity index (χ0) is 10.1. The molecule has 0 saturated heterocycles. The first-order valence-electron chi connectivity index (χ1n) is 6.47. The van der Waals surface area contributed by atoms with Crippen LogP contribution in [0.15, 0.2) is 36.5 Å². The fraction of sp³-hybridized carbons (Fsp3) is 0.600. The summed E-state index contributed by atoms with van der Waals surface area (Å²) in [5.41, 5.74) is 0. The minimum absolute atomic E-state index is 0.825. The van der Waals surface area contributed by atoms with Crippen molar-refractivity contribution >= 4 is 0 Å². The Bertz CT molecular complexity index is 308. The van der Waals surface area contributed by atoms with E-state index in [0.29, 0.717) is 0 Å². The van der Waals surface area contributed by atoms with Gasteiger partial charge in [-0.25, -0.2) is 0 Å². The normalized spacial score (nSPS) is 49.6. The van der Waals surface area contributed by atoms with Crippen molar-refractivity contribution in [1.29, 1.82) is 0 Å². The van der Waals surface area contributed by atoms with Crippen LogP contribution in [0.5, 0.6) is 0 Å². The van der Waals surface area contributed by atoms with Gasteiger partial charge >= 0.3 is 0 Å². The second-order valence-electron chi connectivity index (χ2n) is 5.33. The maximum Gasteiger partial charge on any atom is -0.0136 e. The summed E-state index contributed by atoms with van der Waals surface area (Å²) in [6, 6.07) is 0. The highest BCUT2D eigenvalue weighted by Gasteiger charge is 2.39. The maximum atomic E-state index is 2.48. The molecule has 4 atom stereocenters. The van der Waals surface area contributed by atoms with Gasteiger partial charge in [0, 0.05) is 0 Å². The molecule has 0 radical (unpaired) electrons. The van der Waals surface area contributed by atoms with Crippen LogP contribution in [0.25, 0.3) is 0 Å². The summed E-state index contributed by atoms with van der Waals surface area (Å²) < 4.78 is 0. The van der Waals surface area contributed by atoms with Crippen LogP contribution >= 0.6 is 0 Å². The zero-order valence-electron chi connectivity index (χ0n) is 9.31. The molecule has 3 aliphatic carbocycles. The number of hydrogen-bond donors (Lipinski definition) is 0. The van der Waals surface area contributed by atoms with Gasteiger partial charge in [-0.15, -0.1) is 0 Å². The molecular formula is C15H20. The third kappa shape index (κ3) is 1.71. The summed E-state index contributed by atoms with van der Waals surface area (Å²) in [7, 11) is 0. The van der Waals surface area contributed by atoms with Crippen molar-refractivity contribution in [3.05, 3.63) is 36.5 Å². The average molecular weight is 200 g/mol. The lowest BCUT2D eigenvalue weighted by molar-refractivity contribution is 0.175. The van der Waals surface area contributed by atoms with Gasteiger partial charge in [0.1, 0.15) is 0 Å². The Hall–Kier alpha value is -0.780. The predicted octanol–water partition coefficient (Wildman–Crippen LogP) is 4.11.